The van der Waals surface area contributed by atoms with Gasteiger partial charge in [0.05, 0.1) is 18.6 Å². The van der Waals surface area contributed by atoms with Crippen molar-refractivity contribution in [3.05, 3.63) is 60.2 Å². The minimum atomic E-state index is -0.350. The number of hydrogen-bond donors (Lipinski definition) is 1. The van der Waals surface area contributed by atoms with E-state index in [0.717, 1.165) is 0 Å². The number of furan rings is 2. The Kier molecular flexibility index (Phi) is 2.78. The molecule has 1 unspecified atom stereocenters. The second-order valence-corrected chi connectivity index (χ2v) is 4.66. The SMILES string of the molecule is NC1=N[N+]2(OCc3ccco3)C=NC(c3ccco3)=NC2=C1. The van der Waals surface area contributed by atoms with Crippen molar-refractivity contribution in [3.8, 4) is 0 Å². The van der Waals surface area contributed by atoms with Crippen molar-refractivity contribution in [1.29, 1.82) is 0 Å². The van der Waals surface area contributed by atoms with Crippen LogP contribution < -0.4 is 5.73 Å². The Morgan fingerprint density at radius 1 is 1.18 bits per heavy atom. The monoisotopic (exact) mass is 298 g/mol. The van der Waals surface area contributed by atoms with Gasteiger partial charge in [0.15, 0.2) is 18.2 Å². The van der Waals surface area contributed by atoms with E-state index in [1.807, 2.05) is 6.07 Å². The lowest BCUT2D eigenvalue weighted by Gasteiger charge is -2.22. The third-order valence-electron chi connectivity index (χ3n) is 3.15. The van der Waals surface area contributed by atoms with E-state index in [0.29, 0.717) is 29.0 Å². The summed E-state index contributed by atoms with van der Waals surface area (Å²) in [4.78, 5) is 14.5. The number of fused-ring (bicyclic) bond motifs is 1. The number of hydrogen-bond acceptors (Lipinski definition) is 7. The minimum absolute atomic E-state index is 0.207. The van der Waals surface area contributed by atoms with Crippen molar-refractivity contribution in [2.75, 3.05) is 0 Å². The van der Waals surface area contributed by atoms with E-state index in [1.165, 1.54) is 6.34 Å². The number of amidine groups is 2. The highest BCUT2D eigenvalue weighted by atomic mass is 16.8. The van der Waals surface area contributed by atoms with Crippen LogP contribution in [0, 0.1) is 0 Å². The van der Waals surface area contributed by atoms with Crippen LogP contribution in [0.15, 0.2) is 72.6 Å². The van der Waals surface area contributed by atoms with Crippen LogP contribution in [0.3, 0.4) is 0 Å². The summed E-state index contributed by atoms with van der Waals surface area (Å²) >= 11 is 0. The zero-order valence-electron chi connectivity index (χ0n) is 11.4. The van der Waals surface area contributed by atoms with Gasteiger partial charge in [0, 0.05) is 4.76 Å². The molecule has 8 nitrogen and oxygen atoms in total. The average molecular weight is 298 g/mol. The Morgan fingerprint density at radius 2 is 2.05 bits per heavy atom. The summed E-state index contributed by atoms with van der Waals surface area (Å²) in [5, 5.41) is 4.25. The van der Waals surface area contributed by atoms with Crippen molar-refractivity contribution < 1.29 is 18.4 Å². The predicted molar refractivity (Wildman–Crippen MR) is 77.2 cm³/mol. The second-order valence-electron chi connectivity index (χ2n) is 4.66. The molecule has 2 aliphatic rings. The predicted octanol–water partition coefficient (Wildman–Crippen LogP) is 1.74. The van der Waals surface area contributed by atoms with Gasteiger partial charge in [0.25, 0.3) is 6.34 Å². The van der Waals surface area contributed by atoms with Gasteiger partial charge in [0.2, 0.25) is 5.84 Å². The van der Waals surface area contributed by atoms with E-state index in [-0.39, 0.29) is 11.4 Å². The highest BCUT2D eigenvalue weighted by Crippen LogP contribution is 2.29. The molecule has 0 radical (unpaired) electrons. The maximum absolute atomic E-state index is 5.80. The van der Waals surface area contributed by atoms with Crippen molar-refractivity contribution in [2.24, 2.45) is 20.8 Å². The van der Waals surface area contributed by atoms with Gasteiger partial charge in [-0.2, -0.15) is 14.8 Å². The number of aliphatic imine (C=N–C) groups is 2. The molecular formula is C14H12N5O3+. The van der Waals surface area contributed by atoms with Gasteiger partial charge in [0.1, 0.15) is 5.76 Å². The van der Waals surface area contributed by atoms with Gasteiger partial charge in [-0.3, -0.25) is 0 Å². The number of hydroxylamine groups is 2. The van der Waals surface area contributed by atoms with E-state index in [4.69, 9.17) is 19.4 Å². The average Bonchev–Trinajstić information content (AvgIpc) is 3.24. The number of rotatable bonds is 4. The molecule has 4 heterocycles. The van der Waals surface area contributed by atoms with Crippen LogP contribution in [0.2, 0.25) is 0 Å². The number of quaternary nitrogens is 1. The molecule has 0 spiro atoms. The summed E-state index contributed by atoms with van der Waals surface area (Å²) in [6.07, 6.45) is 6.29. The largest absolute Gasteiger partial charge is 0.467 e. The van der Waals surface area contributed by atoms with E-state index < -0.39 is 0 Å². The first kappa shape index (κ1) is 12.7. The van der Waals surface area contributed by atoms with Crippen LogP contribution in [0.1, 0.15) is 11.5 Å². The normalized spacial score (nSPS) is 23.0. The Morgan fingerprint density at radius 3 is 2.82 bits per heavy atom. The highest BCUT2D eigenvalue weighted by Gasteiger charge is 2.44. The molecule has 0 fully saturated rings. The summed E-state index contributed by atoms with van der Waals surface area (Å²) in [6.45, 7) is 0.207. The van der Waals surface area contributed by atoms with Crippen LogP contribution in [0.25, 0.3) is 0 Å². The number of nitrogens with zero attached hydrogens (tertiary/aromatic N) is 4. The van der Waals surface area contributed by atoms with Crippen molar-refractivity contribution in [1.82, 2.24) is 0 Å². The third-order valence-corrected chi connectivity index (χ3v) is 3.15. The molecule has 8 heteroatoms. The smallest absolute Gasteiger partial charge is 0.300 e. The first-order valence-electron chi connectivity index (χ1n) is 6.57. The van der Waals surface area contributed by atoms with Crippen molar-refractivity contribution >= 4 is 18.0 Å². The van der Waals surface area contributed by atoms with Crippen LogP contribution in [0.4, 0.5) is 0 Å². The molecule has 0 bridgehead atoms. The molecule has 0 saturated carbocycles. The van der Waals surface area contributed by atoms with Crippen molar-refractivity contribution in [3.63, 3.8) is 0 Å². The lowest BCUT2D eigenvalue weighted by molar-refractivity contribution is -1.01. The van der Waals surface area contributed by atoms with Gasteiger partial charge in [-0.05, 0) is 29.4 Å². The van der Waals surface area contributed by atoms with Crippen LogP contribution >= 0.6 is 0 Å². The van der Waals surface area contributed by atoms with E-state index in [1.54, 1.807) is 36.8 Å². The van der Waals surface area contributed by atoms with Gasteiger partial charge in [-0.1, -0.05) is 0 Å². The Balaban J connectivity index is 1.63. The minimum Gasteiger partial charge on any atom is -0.467 e. The van der Waals surface area contributed by atoms with E-state index in [2.05, 4.69) is 15.1 Å². The molecule has 2 N–H and O–H groups in total. The molecule has 0 amide bonds. The summed E-state index contributed by atoms with van der Waals surface area (Å²) in [6, 6.07) is 7.14. The second kappa shape index (κ2) is 4.79. The first-order chi connectivity index (χ1) is 10.8. The molecule has 4 rings (SSSR count). The molecule has 2 aromatic heterocycles. The molecule has 22 heavy (non-hydrogen) atoms. The fraction of sp³-hybridized carbons (Fsp3) is 0.0714. The topological polar surface area (TPSA) is 98.6 Å². The highest BCUT2D eigenvalue weighted by molar-refractivity contribution is 6.03. The lowest BCUT2D eigenvalue weighted by Crippen LogP contribution is -2.40. The summed E-state index contributed by atoms with van der Waals surface area (Å²) in [5.41, 5.74) is 5.79. The first-order valence-corrected chi connectivity index (χ1v) is 6.57. The molecule has 0 aliphatic carbocycles. The van der Waals surface area contributed by atoms with Crippen molar-refractivity contribution in [2.45, 2.75) is 6.61 Å². The third kappa shape index (κ3) is 2.07. The summed E-state index contributed by atoms with van der Waals surface area (Å²) in [7, 11) is 0. The van der Waals surface area contributed by atoms with E-state index >= 15 is 0 Å². The molecular weight excluding hydrogens is 286 g/mol. The zero-order valence-corrected chi connectivity index (χ0v) is 11.4. The molecule has 110 valence electrons. The molecule has 0 saturated heterocycles. The fourth-order valence-corrected chi connectivity index (χ4v) is 2.15. The summed E-state index contributed by atoms with van der Waals surface area (Å²) in [5.74, 6) is 2.49. The molecule has 2 aromatic rings. The molecule has 1 atom stereocenters. The lowest BCUT2D eigenvalue weighted by atomic mass is 10.4. The Labute approximate surface area is 125 Å². The van der Waals surface area contributed by atoms with Gasteiger partial charge < -0.3 is 14.6 Å². The zero-order chi connectivity index (χ0) is 15.0. The molecule has 2 aliphatic heterocycles. The Bertz CT molecular complexity index is 802. The standard InChI is InChI=1S/C14H12N5O3/c15-12-7-13-17-14(11-4-2-6-21-11)16-9-19(13,18-12)22-8-10-3-1-5-20-10/h1-7,9H,8H2,(H2,15,18)/q+1. The molecule has 0 aromatic carbocycles. The Hall–Kier alpha value is -2.97. The maximum atomic E-state index is 5.80. The van der Waals surface area contributed by atoms with Crippen LogP contribution in [-0.2, 0) is 11.4 Å². The van der Waals surface area contributed by atoms with Crippen LogP contribution in [0.5, 0.6) is 0 Å². The van der Waals surface area contributed by atoms with Gasteiger partial charge in [-0.15, -0.1) is 0 Å². The quantitative estimate of drug-likeness (QED) is 0.869. The maximum Gasteiger partial charge on any atom is 0.300 e. The van der Waals surface area contributed by atoms with Crippen LogP contribution in [-0.4, -0.2) is 22.8 Å². The van der Waals surface area contributed by atoms with E-state index in [9.17, 15) is 0 Å². The summed E-state index contributed by atoms with van der Waals surface area (Å²) < 4.78 is 10.2. The fourth-order valence-electron chi connectivity index (χ4n) is 2.15. The van der Waals surface area contributed by atoms with Gasteiger partial charge >= 0.3 is 5.82 Å². The number of nitrogens with two attached hydrogens (primary N) is 1. The van der Waals surface area contributed by atoms with Gasteiger partial charge in [-0.25, -0.2) is 0 Å².